The first-order valence-electron chi connectivity index (χ1n) is 10.2. The van der Waals surface area contributed by atoms with E-state index in [1.54, 1.807) is 10.9 Å². The van der Waals surface area contributed by atoms with Crippen LogP contribution in [0.25, 0.3) is 5.69 Å². The fourth-order valence-corrected chi connectivity index (χ4v) is 4.31. The average Bonchev–Trinajstić information content (AvgIpc) is 3.36. The Hall–Kier alpha value is -1.89. The Labute approximate surface area is 171 Å². The highest BCUT2D eigenvalue weighted by Gasteiger charge is 2.25. The number of halogens is 1. The molecule has 150 valence electrons. The van der Waals surface area contributed by atoms with Gasteiger partial charge in [0.15, 0.2) is 0 Å². The molecule has 1 amide bonds. The molecule has 0 spiro atoms. The monoisotopic (exact) mass is 401 g/mol. The normalized spacial score (nSPS) is 18.7. The molecule has 2 fully saturated rings. The summed E-state index contributed by atoms with van der Waals surface area (Å²) in [6.07, 6.45) is 4.35. The number of aromatic nitrogens is 2. The van der Waals surface area contributed by atoms with Gasteiger partial charge < -0.3 is 9.80 Å². The Morgan fingerprint density at radius 2 is 1.71 bits per heavy atom. The summed E-state index contributed by atoms with van der Waals surface area (Å²) in [7, 11) is 0. The van der Waals surface area contributed by atoms with Gasteiger partial charge in [-0.15, -0.1) is 0 Å². The molecule has 4 rings (SSSR count). The quantitative estimate of drug-likeness (QED) is 0.772. The van der Waals surface area contributed by atoms with Crippen LogP contribution in [0.4, 0.5) is 0 Å². The van der Waals surface area contributed by atoms with Crippen molar-refractivity contribution in [2.45, 2.75) is 19.8 Å². The van der Waals surface area contributed by atoms with Crippen LogP contribution < -0.4 is 0 Å². The van der Waals surface area contributed by atoms with E-state index in [0.717, 1.165) is 50.6 Å². The van der Waals surface area contributed by atoms with Crippen LogP contribution in [0.2, 0.25) is 5.02 Å². The van der Waals surface area contributed by atoms with E-state index in [1.807, 2.05) is 36.1 Å². The van der Waals surface area contributed by atoms with Gasteiger partial charge in [0.2, 0.25) is 0 Å². The Bertz CT molecular complexity index is 822. The summed E-state index contributed by atoms with van der Waals surface area (Å²) in [5, 5.41) is 5.08. The molecule has 0 saturated carbocycles. The molecule has 0 N–H and O–H groups in total. The van der Waals surface area contributed by atoms with Crippen LogP contribution in [-0.4, -0.2) is 82.7 Å². The van der Waals surface area contributed by atoms with E-state index in [2.05, 4.69) is 14.9 Å². The Morgan fingerprint density at radius 1 is 1.04 bits per heavy atom. The lowest BCUT2D eigenvalue weighted by atomic mass is 10.2. The molecule has 0 unspecified atom stereocenters. The zero-order valence-electron chi connectivity index (χ0n) is 16.5. The number of hydrogen-bond donors (Lipinski definition) is 0. The zero-order valence-corrected chi connectivity index (χ0v) is 17.2. The SMILES string of the molecule is Cc1c(C(=O)N2CCN(CCN3CCCC3)CC2)cnn1-c1cccc(Cl)c1. The largest absolute Gasteiger partial charge is 0.336 e. The van der Waals surface area contributed by atoms with Crippen molar-refractivity contribution >= 4 is 17.5 Å². The van der Waals surface area contributed by atoms with Crippen LogP contribution in [0.3, 0.4) is 0 Å². The number of benzene rings is 1. The highest BCUT2D eigenvalue weighted by atomic mass is 35.5. The molecule has 0 bridgehead atoms. The van der Waals surface area contributed by atoms with E-state index in [0.29, 0.717) is 10.6 Å². The van der Waals surface area contributed by atoms with Crippen molar-refractivity contribution in [2.24, 2.45) is 0 Å². The molecule has 6 nitrogen and oxygen atoms in total. The highest BCUT2D eigenvalue weighted by Crippen LogP contribution is 2.19. The fraction of sp³-hybridized carbons (Fsp3) is 0.524. The van der Waals surface area contributed by atoms with Crippen LogP contribution in [0, 0.1) is 6.92 Å². The van der Waals surface area contributed by atoms with Gasteiger partial charge in [-0.3, -0.25) is 9.69 Å². The van der Waals surface area contributed by atoms with Gasteiger partial charge >= 0.3 is 0 Å². The molecular weight excluding hydrogens is 374 g/mol. The van der Waals surface area contributed by atoms with Gasteiger partial charge in [-0.25, -0.2) is 4.68 Å². The lowest BCUT2D eigenvalue weighted by molar-refractivity contribution is 0.0626. The first-order chi connectivity index (χ1) is 13.6. The van der Waals surface area contributed by atoms with Gasteiger partial charge in [0.05, 0.1) is 23.1 Å². The Morgan fingerprint density at radius 3 is 2.39 bits per heavy atom. The van der Waals surface area contributed by atoms with Crippen molar-refractivity contribution < 1.29 is 4.79 Å². The minimum Gasteiger partial charge on any atom is -0.336 e. The topological polar surface area (TPSA) is 44.6 Å². The number of amides is 1. The van der Waals surface area contributed by atoms with Crippen molar-refractivity contribution in [1.82, 2.24) is 24.5 Å². The lowest BCUT2D eigenvalue weighted by Gasteiger charge is -2.35. The molecule has 0 atom stereocenters. The summed E-state index contributed by atoms with van der Waals surface area (Å²) in [6.45, 7) is 10.1. The van der Waals surface area contributed by atoms with Crippen molar-refractivity contribution in [1.29, 1.82) is 0 Å². The maximum absolute atomic E-state index is 13.0. The van der Waals surface area contributed by atoms with Crippen LogP contribution in [0.5, 0.6) is 0 Å². The zero-order chi connectivity index (χ0) is 19.5. The molecule has 2 aliphatic rings. The third-order valence-electron chi connectivity index (χ3n) is 5.88. The van der Waals surface area contributed by atoms with Gasteiger partial charge in [-0.1, -0.05) is 17.7 Å². The average molecular weight is 402 g/mol. The van der Waals surface area contributed by atoms with Crippen molar-refractivity contribution in [3.8, 4) is 5.69 Å². The molecule has 3 heterocycles. The molecule has 0 aliphatic carbocycles. The van der Waals surface area contributed by atoms with Gasteiger partial charge in [0.25, 0.3) is 5.91 Å². The summed E-state index contributed by atoms with van der Waals surface area (Å²) < 4.78 is 1.78. The Kier molecular flexibility index (Phi) is 5.99. The predicted octanol–water partition coefficient (Wildman–Crippen LogP) is 2.69. The first-order valence-corrected chi connectivity index (χ1v) is 10.5. The number of carbonyl (C=O) groups excluding carboxylic acids is 1. The second kappa shape index (κ2) is 8.64. The second-order valence-electron chi connectivity index (χ2n) is 7.72. The maximum atomic E-state index is 13.0. The summed E-state index contributed by atoms with van der Waals surface area (Å²) in [4.78, 5) is 20.0. The van der Waals surface area contributed by atoms with Crippen LogP contribution in [0.15, 0.2) is 30.5 Å². The fourth-order valence-electron chi connectivity index (χ4n) is 4.12. The second-order valence-corrected chi connectivity index (χ2v) is 8.15. The molecule has 1 aromatic heterocycles. The molecule has 2 saturated heterocycles. The molecule has 1 aromatic carbocycles. The van der Waals surface area contributed by atoms with E-state index < -0.39 is 0 Å². The van der Waals surface area contributed by atoms with Crippen LogP contribution in [-0.2, 0) is 0 Å². The number of carbonyl (C=O) groups is 1. The third-order valence-corrected chi connectivity index (χ3v) is 6.12. The summed E-state index contributed by atoms with van der Waals surface area (Å²) in [5.74, 6) is 0.0740. The molecule has 0 radical (unpaired) electrons. The van der Waals surface area contributed by atoms with Crippen LogP contribution >= 0.6 is 11.6 Å². The summed E-state index contributed by atoms with van der Waals surface area (Å²) >= 11 is 6.10. The lowest BCUT2D eigenvalue weighted by Crippen LogP contribution is -2.50. The standard InChI is InChI=1S/C21H28ClN5O/c1-17-20(16-23-27(17)19-6-4-5-18(22)15-19)21(28)26-13-11-25(12-14-26)10-9-24-7-2-3-8-24/h4-6,15-16H,2-3,7-14H2,1H3. The summed E-state index contributed by atoms with van der Waals surface area (Å²) in [5.41, 5.74) is 2.39. The molecule has 7 heteroatoms. The van der Waals surface area contributed by atoms with Gasteiger partial charge in [-0.2, -0.15) is 5.10 Å². The van der Waals surface area contributed by atoms with E-state index in [4.69, 9.17) is 11.6 Å². The van der Waals surface area contributed by atoms with Crippen LogP contribution in [0.1, 0.15) is 28.9 Å². The van der Waals surface area contributed by atoms with E-state index in [9.17, 15) is 4.79 Å². The van der Waals surface area contributed by atoms with E-state index in [1.165, 1.54) is 25.9 Å². The van der Waals surface area contributed by atoms with Crippen molar-refractivity contribution in [3.05, 3.63) is 46.7 Å². The van der Waals surface area contributed by atoms with Crippen molar-refractivity contribution in [3.63, 3.8) is 0 Å². The number of nitrogens with zero attached hydrogens (tertiary/aromatic N) is 5. The number of hydrogen-bond acceptors (Lipinski definition) is 4. The maximum Gasteiger partial charge on any atom is 0.257 e. The number of likely N-dealkylation sites (tertiary alicyclic amines) is 1. The van der Waals surface area contributed by atoms with Gasteiger partial charge in [0, 0.05) is 44.3 Å². The van der Waals surface area contributed by atoms with Crippen molar-refractivity contribution in [2.75, 3.05) is 52.4 Å². The predicted molar refractivity (Wildman–Crippen MR) is 111 cm³/mol. The number of rotatable bonds is 5. The van der Waals surface area contributed by atoms with Gasteiger partial charge in [0.1, 0.15) is 0 Å². The molecular formula is C21H28ClN5O. The summed E-state index contributed by atoms with van der Waals surface area (Å²) in [6, 6.07) is 7.52. The number of piperazine rings is 1. The minimum atomic E-state index is 0.0740. The van der Waals surface area contributed by atoms with E-state index >= 15 is 0 Å². The smallest absolute Gasteiger partial charge is 0.257 e. The minimum absolute atomic E-state index is 0.0740. The molecule has 2 aliphatic heterocycles. The van der Waals surface area contributed by atoms with E-state index in [-0.39, 0.29) is 5.91 Å². The Balaban J connectivity index is 1.35. The molecule has 2 aromatic rings. The molecule has 28 heavy (non-hydrogen) atoms. The first kappa shape index (κ1) is 19.4. The van der Waals surface area contributed by atoms with Gasteiger partial charge in [-0.05, 0) is 51.1 Å². The highest BCUT2D eigenvalue weighted by molar-refractivity contribution is 6.30. The third kappa shape index (κ3) is 4.24.